The zero-order valence-corrected chi connectivity index (χ0v) is 16.0. The van der Waals surface area contributed by atoms with E-state index in [9.17, 15) is 4.79 Å². The number of guanidine groups is 1. The minimum absolute atomic E-state index is 0.0202. The number of nitrogens with zero attached hydrogens (tertiary/aromatic N) is 2. The van der Waals surface area contributed by atoms with Gasteiger partial charge in [-0.05, 0) is 25.1 Å². The molecule has 6 heteroatoms. The van der Waals surface area contributed by atoms with Gasteiger partial charge in [-0.15, -0.1) is 0 Å². The van der Waals surface area contributed by atoms with Crippen molar-refractivity contribution < 1.29 is 4.79 Å². The predicted octanol–water partition coefficient (Wildman–Crippen LogP) is 1.76. The molecule has 1 aromatic carbocycles. The Morgan fingerprint density at radius 3 is 2.32 bits per heavy atom. The van der Waals surface area contributed by atoms with Crippen LogP contribution in [0.1, 0.15) is 38.8 Å². The Kier molecular flexibility index (Phi) is 10.3. The van der Waals surface area contributed by atoms with E-state index in [1.807, 2.05) is 13.0 Å². The summed E-state index contributed by atoms with van der Waals surface area (Å²) in [6.07, 6.45) is 0.932. The van der Waals surface area contributed by atoms with Gasteiger partial charge in [0, 0.05) is 20.1 Å². The Balaban J connectivity index is 2.63. The highest BCUT2D eigenvalue weighted by molar-refractivity contribution is 5.86. The lowest BCUT2D eigenvalue weighted by Gasteiger charge is -2.30. The molecule has 140 valence electrons. The molecule has 0 aliphatic carbocycles. The topological polar surface area (TPSA) is 68.8 Å². The largest absolute Gasteiger partial charge is 0.355 e. The summed E-state index contributed by atoms with van der Waals surface area (Å²) in [6.45, 7) is 9.97. The van der Waals surface area contributed by atoms with E-state index in [0.29, 0.717) is 12.5 Å². The van der Waals surface area contributed by atoms with E-state index in [1.54, 1.807) is 7.05 Å². The van der Waals surface area contributed by atoms with Gasteiger partial charge in [-0.3, -0.25) is 14.7 Å². The average Bonchev–Trinajstić information content (AvgIpc) is 2.66. The standard InChI is InChI=1S/C19H33N5O/c1-5-13-21-18(25)15-23-19(20-4)22-14-17(24(6-2)7-3)16-11-9-8-10-12-16/h8-12,17H,5-7,13-15H2,1-4H3,(H,21,25)(H2,20,22,23). The fraction of sp³-hybridized carbons (Fsp3) is 0.579. The summed E-state index contributed by atoms with van der Waals surface area (Å²) >= 11 is 0. The SMILES string of the molecule is CCCNC(=O)CNC(=NC)NCC(c1ccccc1)N(CC)CC. The van der Waals surface area contributed by atoms with Crippen molar-refractivity contribution in [2.45, 2.75) is 33.2 Å². The van der Waals surface area contributed by atoms with Crippen LogP contribution in [0, 0.1) is 0 Å². The van der Waals surface area contributed by atoms with E-state index < -0.39 is 0 Å². The fourth-order valence-electron chi connectivity index (χ4n) is 2.70. The number of nitrogens with one attached hydrogen (secondary N) is 3. The number of carbonyl (C=O) groups is 1. The van der Waals surface area contributed by atoms with Gasteiger partial charge in [0.15, 0.2) is 5.96 Å². The molecule has 1 unspecified atom stereocenters. The first-order chi connectivity index (χ1) is 12.2. The van der Waals surface area contributed by atoms with Crippen molar-refractivity contribution in [2.24, 2.45) is 4.99 Å². The van der Waals surface area contributed by atoms with Gasteiger partial charge < -0.3 is 16.0 Å². The quantitative estimate of drug-likeness (QED) is 0.446. The third-order valence-corrected chi connectivity index (χ3v) is 4.11. The number of likely N-dealkylation sites (N-methyl/N-ethyl adjacent to an activating group) is 1. The zero-order valence-electron chi connectivity index (χ0n) is 16.0. The number of benzene rings is 1. The van der Waals surface area contributed by atoms with Crippen molar-refractivity contribution in [3.05, 3.63) is 35.9 Å². The summed E-state index contributed by atoms with van der Waals surface area (Å²) < 4.78 is 0. The summed E-state index contributed by atoms with van der Waals surface area (Å²) in [7, 11) is 1.72. The molecule has 0 radical (unpaired) electrons. The average molecular weight is 348 g/mol. The molecule has 0 spiro atoms. The van der Waals surface area contributed by atoms with Crippen LogP contribution in [-0.4, -0.2) is 56.5 Å². The van der Waals surface area contributed by atoms with Crippen molar-refractivity contribution in [1.82, 2.24) is 20.9 Å². The van der Waals surface area contributed by atoms with E-state index >= 15 is 0 Å². The monoisotopic (exact) mass is 347 g/mol. The van der Waals surface area contributed by atoms with Gasteiger partial charge >= 0.3 is 0 Å². The maximum atomic E-state index is 11.7. The molecule has 25 heavy (non-hydrogen) atoms. The Morgan fingerprint density at radius 1 is 1.08 bits per heavy atom. The third kappa shape index (κ3) is 7.56. The first-order valence-electron chi connectivity index (χ1n) is 9.16. The Hall–Kier alpha value is -2.08. The summed E-state index contributed by atoms with van der Waals surface area (Å²) in [5, 5.41) is 9.26. The molecule has 1 aromatic rings. The lowest BCUT2D eigenvalue weighted by molar-refractivity contribution is -0.120. The Labute approximate surface area is 152 Å². The normalized spacial score (nSPS) is 12.8. The molecule has 0 aliphatic rings. The van der Waals surface area contributed by atoms with E-state index in [0.717, 1.165) is 26.1 Å². The number of carbonyl (C=O) groups excluding carboxylic acids is 1. The minimum atomic E-state index is -0.0202. The minimum Gasteiger partial charge on any atom is -0.355 e. The van der Waals surface area contributed by atoms with Gasteiger partial charge in [0.1, 0.15) is 0 Å². The molecule has 0 bridgehead atoms. The molecule has 0 saturated heterocycles. The molecule has 0 saturated carbocycles. The van der Waals surface area contributed by atoms with Crippen LogP contribution < -0.4 is 16.0 Å². The van der Waals surface area contributed by atoms with Crippen molar-refractivity contribution >= 4 is 11.9 Å². The second kappa shape index (κ2) is 12.3. The van der Waals surface area contributed by atoms with Crippen LogP contribution in [0.15, 0.2) is 35.3 Å². The van der Waals surface area contributed by atoms with Gasteiger partial charge in [0.05, 0.1) is 12.6 Å². The van der Waals surface area contributed by atoms with Gasteiger partial charge in [-0.2, -0.15) is 0 Å². The van der Waals surface area contributed by atoms with Crippen LogP contribution in [0.2, 0.25) is 0 Å². The van der Waals surface area contributed by atoms with Crippen molar-refractivity contribution in [3.8, 4) is 0 Å². The van der Waals surface area contributed by atoms with Gasteiger partial charge in [0.25, 0.3) is 0 Å². The van der Waals surface area contributed by atoms with Crippen molar-refractivity contribution in [3.63, 3.8) is 0 Å². The molecule has 0 fully saturated rings. The third-order valence-electron chi connectivity index (χ3n) is 4.11. The lowest BCUT2D eigenvalue weighted by Crippen LogP contribution is -2.46. The smallest absolute Gasteiger partial charge is 0.239 e. The number of rotatable bonds is 10. The molecule has 6 nitrogen and oxygen atoms in total. The van der Waals surface area contributed by atoms with E-state index in [2.05, 4.69) is 64.0 Å². The van der Waals surface area contributed by atoms with Crippen LogP contribution >= 0.6 is 0 Å². The maximum absolute atomic E-state index is 11.7. The van der Waals surface area contributed by atoms with Crippen LogP contribution in [0.3, 0.4) is 0 Å². The number of aliphatic imine (C=N–C) groups is 1. The second-order valence-electron chi connectivity index (χ2n) is 5.80. The molecule has 0 aromatic heterocycles. The summed E-state index contributed by atoms with van der Waals surface area (Å²) in [5.41, 5.74) is 1.27. The molecule has 1 amide bonds. The maximum Gasteiger partial charge on any atom is 0.239 e. The lowest BCUT2D eigenvalue weighted by atomic mass is 10.1. The van der Waals surface area contributed by atoms with Crippen LogP contribution in [0.4, 0.5) is 0 Å². The van der Waals surface area contributed by atoms with Crippen LogP contribution in [0.25, 0.3) is 0 Å². The van der Waals surface area contributed by atoms with E-state index in [4.69, 9.17) is 0 Å². The number of hydrogen-bond donors (Lipinski definition) is 3. The van der Waals surface area contributed by atoms with Gasteiger partial charge in [0.2, 0.25) is 5.91 Å². The number of hydrogen-bond acceptors (Lipinski definition) is 3. The van der Waals surface area contributed by atoms with E-state index in [1.165, 1.54) is 5.56 Å². The Morgan fingerprint density at radius 2 is 1.76 bits per heavy atom. The summed E-state index contributed by atoms with van der Waals surface area (Å²) in [5.74, 6) is 0.618. The number of amides is 1. The van der Waals surface area contributed by atoms with Gasteiger partial charge in [-0.1, -0.05) is 51.1 Å². The van der Waals surface area contributed by atoms with Crippen LogP contribution in [-0.2, 0) is 4.79 Å². The molecular weight excluding hydrogens is 314 g/mol. The first-order valence-corrected chi connectivity index (χ1v) is 9.16. The van der Waals surface area contributed by atoms with E-state index in [-0.39, 0.29) is 18.5 Å². The molecular formula is C19H33N5O. The fourth-order valence-corrected chi connectivity index (χ4v) is 2.70. The summed E-state index contributed by atoms with van der Waals surface area (Å²) in [6, 6.07) is 10.7. The predicted molar refractivity (Wildman–Crippen MR) is 105 cm³/mol. The molecule has 1 atom stereocenters. The van der Waals surface area contributed by atoms with Gasteiger partial charge in [-0.25, -0.2) is 0 Å². The first kappa shape index (κ1) is 21.0. The van der Waals surface area contributed by atoms with Crippen LogP contribution in [0.5, 0.6) is 0 Å². The molecule has 1 rings (SSSR count). The van der Waals surface area contributed by atoms with Crippen molar-refractivity contribution in [2.75, 3.05) is 39.8 Å². The Bertz CT molecular complexity index is 514. The molecule has 3 N–H and O–H groups in total. The van der Waals surface area contributed by atoms with Crippen molar-refractivity contribution in [1.29, 1.82) is 0 Å². The molecule has 0 aliphatic heterocycles. The highest BCUT2D eigenvalue weighted by atomic mass is 16.1. The summed E-state index contributed by atoms with van der Waals surface area (Å²) in [4.78, 5) is 18.3. The molecule has 0 heterocycles. The zero-order chi connectivity index (χ0) is 18.5. The highest BCUT2D eigenvalue weighted by Crippen LogP contribution is 2.19. The second-order valence-corrected chi connectivity index (χ2v) is 5.80. The highest BCUT2D eigenvalue weighted by Gasteiger charge is 2.18.